The molecule has 0 spiro atoms. The van der Waals surface area contributed by atoms with Crippen LogP contribution in [0.2, 0.25) is 0 Å². The Labute approximate surface area is 183 Å². The predicted octanol–water partition coefficient (Wildman–Crippen LogP) is 2.32. The van der Waals surface area contributed by atoms with Crippen molar-refractivity contribution in [3.8, 4) is 17.2 Å². The van der Waals surface area contributed by atoms with Gasteiger partial charge < -0.3 is 24.4 Å². The van der Waals surface area contributed by atoms with E-state index in [1.807, 2.05) is 6.07 Å². The van der Waals surface area contributed by atoms with Gasteiger partial charge in [0.1, 0.15) is 0 Å². The van der Waals surface area contributed by atoms with Crippen LogP contribution < -0.4 is 14.2 Å². The Bertz CT molecular complexity index is 715. The third-order valence-electron chi connectivity index (χ3n) is 5.86. The van der Waals surface area contributed by atoms with E-state index in [1.54, 1.807) is 21.3 Å². The van der Waals surface area contributed by atoms with Gasteiger partial charge in [-0.25, -0.2) is 9.59 Å². The van der Waals surface area contributed by atoms with Crippen molar-refractivity contribution in [2.24, 2.45) is 0 Å². The number of ether oxygens (including phenoxy) is 3. The molecule has 0 radical (unpaired) electrons. The first-order valence-corrected chi connectivity index (χ1v) is 10.6. The summed E-state index contributed by atoms with van der Waals surface area (Å²) in [5.74, 6) is -1.46. The molecule has 1 heterocycles. The van der Waals surface area contributed by atoms with E-state index in [0.717, 1.165) is 37.0 Å². The van der Waals surface area contributed by atoms with Crippen LogP contribution in [-0.2, 0) is 16.1 Å². The van der Waals surface area contributed by atoms with Gasteiger partial charge in [0, 0.05) is 44.3 Å². The van der Waals surface area contributed by atoms with Crippen LogP contribution in [0.3, 0.4) is 0 Å². The predicted molar refractivity (Wildman–Crippen MR) is 115 cm³/mol. The molecule has 2 N–H and O–H groups in total. The van der Waals surface area contributed by atoms with E-state index in [0.29, 0.717) is 11.5 Å². The molecule has 1 aliphatic carbocycles. The van der Waals surface area contributed by atoms with Gasteiger partial charge in [0.2, 0.25) is 5.75 Å². The Morgan fingerprint density at radius 2 is 1.45 bits per heavy atom. The molecule has 1 saturated carbocycles. The second-order valence-electron chi connectivity index (χ2n) is 7.71. The molecule has 1 saturated heterocycles. The van der Waals surface area contributed by atoms with Crippen molar-refractivity contribution in [2.45, 2.75) is 44.7 Å². The van der Waals surface area contributed by atoms with E-state index in [9.17, 15) is 0 Å². The molecule has 9 heteroatoms. The molecular formula is C22H34N2O7. The van der Waals surface area contributed by atoms with Crippen LogP contribution in [0.15, 0.2) is 12.1 Å². The highest BCUT2D eigenvalue weighted by atomic mass is 16.5. The summed E-state index contributed by atoms with van der Waals surface area (Å²) in [6, 6.07) is 4.88. The Morgan fingerprint density at radius 3 is 1.94 bits per heavy atom. The minimum Gasteiger partial charge on any atom is -0.493 e. The third kappa shape index (κ3) is 7.00. The smallest absolute Gasteiger partial charge is 0.414 e. The molecule has 0 amide bonds. The van der Waals surface area contributed by atoms with Gasteiger partial charge in [-0.2, -0.15) is 0 Å². The number of hydrogen-bond acceptors (Lipinski definition) is 7. The number of nitrogens with zero attached hydrogens (tertiary/aromatic N) is 2. The lowest BCUT2D eigenvalue weighted by atomic mass is 9.94. The van der Waals surface area contributed by atoms with Gasteiger partial charge in [-0.05, 0) is 18.9 Å². The van der Waals surface area contributed by atoms with Crippen molar-refractivity contribution >= 4 is 11.9 Å². The fourth-order valence-corrected chi connectivity index (χ4v) is 4.26. The molecule has 1 aromatic carbocycles. The van der Waals surface area contributed by atoms with E-state index < -0.39 is 11.9 Å². The topological polar surface area (TPSA) is 109 Å². The molecule has 1 aromatic rings. The first-order valence-electron chi connectivity index (χ1n) is 10.6. The highest BCUT2D eigenvalue weighted by molar-refractivity contribution is 6.27. The summed E-state index contributed by atoms with van der Waals surface area (Å²) >= 11 is 0. The quantitative estimate of drug-likeness (QED) is 0.647. The lowest BCUT2D eigenvalue weighted by Gasteiger charge is -2.40. The third-order valence-corrected chi connectivity index (χ3v) is 5.86. The maximum Gasteiger partial charge on any atom is 0.414 e. The second kappa shape index (κ2) is 12.4. The average Bonchev–Trinajstić information content (AvgIpc) is 2.80. The lowest BCUT2D eigenvalue weighted by molar-refractivity contribution is -0.159. The average molecular weight is 439 g/mol. The molecule has 9 nitrogen and oxygen atoms in total. The van der Waals surface area contributed by atoms with Crippen molar-refractivity contribution in [1.82, 2.24) is 9.80 Å². The molecule has 0 unspecified atom stereocenters. The van der Waals surface area contributed by atoms with Gasteiger partial charge >= 0.3 is 11.9 Å². The standard InChI is InChI=1S/C20H32N2O3.C2H2O4/c1-23-18-10-9-16(19(24-2)20(18)25-3)15-21-11-13-22(14-12-21)17-7-5-4-6-8-17;3-1(4)2(5)6/h9-10,17H,4-8,11-15H2,1-3H3;(H,3,4)(H,5,6). The molecular weight excluding hydrogens is 404 g/mol. The second-order valence-corrected chi connectivity index (χ2v) is 7.71. The molecule has 0 atom stereocenters. The van der Waals surface area contributed by atoms with E-state index in [1.165, 1.54) is 45.2 Å². The summed E-state index contributed by atoms with van der Waals surface area (Å²) in [5, 5.41) is 14.8. The number of piperazine rings is 1. The molecule has 2 aliphatic rings. The van der Waals surface area contributed by atoms with Gasteiger partial charge in [-0.3, -0.25) is 9.80 Å². The molecule has 1 aliphatic heterocycles. The van der Waals surface area contributed by atoms with Crippen LogP contribution in [0.25, 0.3) is 0 Å². The Morgan fingerprint density at radius 1 is 0.871 bits per heavy atom. The zero-order valence-corrected chi connectivity index (χ0v) is 18.6. The number of carboxylic acids is 2. The lowest BCUT2D eigenvalue weighted by Crippen LogP contribution is -2.50. The number of rotatable bonds is 6. The SMILES string of the molecule is COc1ccc(CN2CCN(C3CCCCC3)CC2)c(OC)c1OC.O=C(O)C(=O)O. The van der Waals surface area contributed by atoms with Crippen LogP contribution in [0.4, 0.5) is 0 Å². The van der Waals surface area contributed by atoms with Crippen molar-refractivity contribution in [2.75, 3.05) is 47.5 Å². The fourth-order valence-electron chi connectivity index (χ4n) is 4.26. The first-order chi connectivity index (χ1) is 14.9. The van der Waals surface area contributed by atoms with Crippen LogP contribution >= 0.6 is 0 Å². The monoisotopic (exact) mass is 438 g/mol. The normalized spacial score (nSPS) is 17.9. The van der Waals surface area contributed by atoms with E-state index in [-0.39, 0.29) is 0 Å². The molecule has 3 rings (SSSR count). The minimum atomic E-state index is -1.82. The Balaban J connectivity index is 0.000000501. The minimum absolute atomic E-state index is 0.684. The van der Waals surface area contributed by atoms with Gasteiger partial charge in [0.25, 0.3) is 0 Å². The number of carboxylic acid groups (broad SMARTS) is 2. The largest absolute Gasteiger partial charge is 0.493 e. The molecule has 0 aromatic heterocycles. The van der Waals surface area contributed by atoms with Crippen LogP contribution in [0, 0.1) is 0 Å². The van der Waals surface area contributed by atoms with Crippen LogP contribution in [-0.4, -0.2) is 85.5 Å². The summed E-state index contributed by atoms with van der Waals surface area (Å²) in [5.41, 5.74) is 1.16. The summed E-state index contributed by atoms with van der Waals surface area (Å²) in [6.45, 7) is 5.49. The van der Waals surface area contributed by atoms with Crippen molar-refractivity contribution < 1.29 is 34.0 Å². The van der Waals surface area contributed by atoms with Gasteiger partial charge in [-0.15, -0.1) is 0 Å². The van der Waals surface area contributed by atoms with Gasteiger partial charge in [0.15, 0.2) is 11.5 Å². The van der Waals surface area contributed by atoms with E-state index >= 15 is 0 Å². The first kappa shape index (κ1) is 24.7. The van der Waals surface area contributed by atoms with Crippen molar-refractivity contribution in [3.63, 3.8) is 0 Å². The molecule has 2 fully saturated rings. The van der Waals surface area contributed by atoms with Crippen molar-refractivity contribution in [1.29, 1.82) is 0 Å². The summed E-state index contributed by atoms with van der Waals surface area (Å²) in [4.78, 5) is 23.4. The number of carbonyl (C=O) groups is 2. The summed E-state index contributed by atoms with van der Waals surface area (Å²) < 4.78 is 16.5. The molecule has 174 valence electrons. The maximum atomic E-state index is 9.10. The molecule has 0 bridgehead atoms. The zero-order chi connectivity index (χ0) is 22.8. The van der Waals surface area contributed by atoms with E-state index in [2.05, 4.69) is 15.9 Å². The highest BCUT2D eigenvalue weighted by Crippen LogP contribution is 2.40. The Kier molecular flexibility index (Phi) is 9.87. The van der Waals surface area contributed by atoms with Gasteiger partial charge in [0.05, 0.1) is 21.3 Å². The summed E-state index contributed by atoms with van der Waals surface area (Å²) in [6.07, 6.45) is 7.03. The highest BCUT2D eigenvalue weighted by Gasteiger charge is 2.26. The van der Waals surface area contributed by atoms with Crippen LogP contribution in [0.5, 0.6) is 17.2 Å². The summed E-state index contributed by atoms with van der Waals surface area (Å²) in [7, 11) is 5.01. The zero-order valence-electron chi connectivity index (χ0n) is 18.6. The number of hydrogen-bond donors (Lipinski definition) is 2. The maximum absolute atomic E-state index is 9.10. The number of benzene rings is 1. The van der Waals surface area contributed by atoms with Crippen molar-refractivity contribution in [3.05, 3.63) is 17.7 Å². The number of aliphatic carboxylic acids is 2. The number of methoxy groups -OCH3 is 3. The van der Waals surface area contributed by atoms with Crippen LogP contribution in [0.1, 0.15) is 37.7 Å². The fraction of sp³-hybridized carbons (Fsp3) is 0.636. The Hall–Kier alpha value is -2.52. The van der Waals surface area contributed by atoms with E-state index in [4.69, 9.17) is 34.0 Å². The van der Waals surface area contributed by atoms with Gasteiger partial charge in [-0.1, -0.05) is 25.3 Å². The molecule has 31 heavy (non-hydrogen) atoms.